The van der Waals surface area contributed by atoms with Crippen molar-refractivity contribution in [3.8, 4) is 0 Å². The zero-order chi connectivity index (χ0) is 22.9. The van der Waals surface area contributed by atoms with E-state index in [4.69, 9.17) is 14.2 Å². The molecule has 0 spiro atoms. The maximum Gasteiger partial charge on any atom is 0.301 e. The van der Waals surface area contributed by atoms with E-state index in [1.165, 1.54) is 15.7 Å². The van der Waals surface area contributed by atoms with Crippen LogP contribution in [0.25, 0.3) is 10.8 Å². The standard InChI is InChI=1S/C23H28N2O4S3/c1-6-28-23(27-4,29-7-2)14-25-20(26)19(32-22(25)30-5)21-24(3)17-13-12-15-10-8-9-11-16(15)18(17)31-21/h8-13,22H,6-7,14H2,1-5H3. The number of fused-ring (bicyclic) bond motifs is 3. The molecular formula is C23H28N2O4S3. The lowest BCUT2D eigenvalue weighted by Gasteiger charge is -2.35. The number of carbonyl (C=O) groups excluding carboxylic acids is 1. The monoisotopic (exact) mass is 492 g/mol. The van der Waals surface area contributed by atoms with Gasteiger partial charge in [-0.3, -0.25) is 4.79 Å². The van der Waals surface area contributed by atoms with E-state index in [1.54, 1.807) is 47.3 Å². The number of benzene rings is 2. The number of methoxy groups -OCH3 is 1. The van der Waals surface area contributed by atoms with Crippen LogP contribution in [0.5, 0.6) is 0 Å². The fraction of sp³-hybridized carbons (Fsp3) is 0.435. The molecule has 9 heteroatoms. The minimum Gasteiger partial charge on any atom is -0.337 e. The van der Waals surface area contributed by atoms with Gasteiger partial charge in [-0.25, -0.2) is 0 Å². The van der Waals surface area contributed by atoms with Gasteiger partial charge in [0, 0.05) is 32.3 Å². The van der Waals surface area contributed by atoms with Crippen molar-refractivity contribution in [2.75, 3.05) is 45.1 Å². The summed E-state index contributed by atoms with van der Waals surface area (Å²) in [5.41, 5.74) is 1.12. The van der Waals surface area contributed by atoms with Gasteiger partial charge in [0.1, 0.15) is 16.2 Å². The number of nitrogens with zero attached hydrogens (tertiary/aromatic N) is 2. The molecule has 0 N–H and O–H groups in total. The van der Waals surface area contributed by atoms with Crippen molar-refractivity contribution in [1.29, 1.82) is 0 Å². The third-order valence-corrected chi connectivity index (χ3v) is 9.47. The summed E-state index contributed by atoms with van der Waals surface area (Å²) in [5, 5.41) is 3.37. The van der Waals surface area contributed by atoms with Crippen molar-refractivity contribution in [3.05, 3.63) is 46.3 Å². The minimum absolute atomic E-state index is 0.0263. The van der Waals surface area contributed by atoms with Crippen LogP contribution in [-0.2, 0) is 19.0 Å². The lowest BCUT2D eigenvalue weighted by molar-refractivity contribution is -0.371. The van der Waals surface area contributed by atoms with E-state index in [0.29, 0.717) is 13.2 Å². The van der Waals surface area contributed by atoms with E-state index in [0.717, 1.165) is 15.6 Å². The van der Waals surface area contributed by atoms with Crippen LogP contribution in [0.4, 0.5) is 5.69 Å². The molecule has 4 rings (SSSR count). The minimum atomic E-state index is -1.28. The van der Waals surface area contributed by atoms with E-state index >= 15 is 0 Å². The first-order chi connectivity index (χ1) is 15.5. The highest BCUT2D eigenvalue weighted by atomic mass is 32.2. The number of amides is 1. The highest BCUT2D eigenvalue weighted by molar-refractivity contribution is 8.19. The van der Waals surface area contributed by atoms with Crippen molar-refractivity contribution in [3.63, 3.8) is 0 Å². The molecule has 0 aliphatic carbocycles. The van der Waals surface area contributed by atoms with Crippen LogP contribution in [0.1, 0.15) is 13.8 Å². The first kappa shape index (κ1) is 23.8. The zero-order valence-electron chi connectivity index (χ0n) is 18.9. The molecule has 2 heterocycles. The molecule has 1 amide bonds. The van der Waals surface area contributed by atoms with E-state index in [9.17, 15) is 4.79 Å². The highest BCUT2D eigenvalue weighted by Gasteiger charge is 2.46. The quantitative estimate of drug-likeness (QED) is 0.371. The van der Waals surface area contributed by atoms with E-state index in [-0.39, 0.29) is 17.2 Å². The van der Waals surface area contributed by atoms with Gasteiger partial charge in [0.05, 0.1) is 10.7 Å². The molecule has 1 saturated heterocycles. The van der Waals surface area contributed by atoms with Crippen molar-refractivity contribution in [1.82, 2.24) is 4.90 Å². The van der Waals surface area contributed by atoms with Crippen molar-refractivity contribution < 1.29 is 19.0 Å². The molecule has 2 aromatic carbocycles. The van der Waals surface area contributed by atoms with Gasteiger partial charge < -0.3 is 24.0 Å². The Bertz CT molecular complexity index is 1040. The fourth-order valence-electron chi connectivity index (χ4n) is 3.94. The van der Waals surface area contributed by atoms with Gasteiger partial charge in [-0.1, -0.05) is 53.9 Å². The number of thioether (sulfide) groups is 3. The summed E-state index contributed by atoms with van der Waals surface area (Å²) in [6.07, 6.45) is 2.01. The number of carbonyl (C=O) groups is 1. The van der Waals surface area contributed by atoms with Crippen LogP contribution in [0.2, 0.25) is 0 Å². The molecule has 1 unspecified atom stereocenters. The summed E-state index contributed by atoms with van der Waals surface area (Å²) in [5.74, 6) is -1.30. The molecule has 0 aromatic heterocycles. The number of hydrogen-bond donors (Lipinski definition) is 0. The molecule has 172 valence electrons. The molecule has 1 fully saturated rings. The SMILES string of the molecule is CCOC(CN1C(=O)C(=C2Sc3c(ccc4ccccc34)N2C)SC1SC)(OC)OCC. The Morgan fingerprint density at radius 2 is 1.84 bits per heavy atom. The van der Waals surface area contributed by atoms with Crippen molar-refractivity contribution >= 4 is 57.7 Å². The maximum atomic E-state index is 13.7. The Morgan fingerprint density at radius 3 is 2.50 bits per heavy atom. The molecule has 1 atom stereocenters. The van der Waals surface area contributed by atoms with Crippen molar-refractivity contribution in [2.45, 2.75) is 29.4 Å². The maximum absolute atomic E-state index is 13.7. The summed E-state index contributed by atoms with van der Waals surface area (Å²) in [6.45, 7) is 4.81. The number of hydrogen-bond acceptors (Lipinski definition) is 8. The van der Waals surface area contributed by atoms with Crippen LogP contribution in [-0.4, -0.2) is 61.7 Å². The van der Waals surface area contributed by atoms with Crippen molar-refractivity contribution in [2.24, 2.45) is 0 Å². The third kappa shape index (κ3) is 4.15. The van der Waals surface area contributed by atoms with Crippen LogP contribution in [0, 0.1) is 0 Å². The topological polar surface area (TPSA) is 51.2 Å². The molecule has 0 saturated carbocycles. The average molecular weight is 493 g/mol. The second-order valence-electron chi connectivity index (χ2n) is 7.28. The highest BCUT2D eigenvalue weighted by Crippen LogP contribution is 2.54. The van der Waals surface area contributed by atoms with Gasteiger partial charge in [0.2, 0.25) is 0 Å². The molecule has 0 radical (unpaired) electrons. The Kier molecular flexibility index (Phi) is 7.33. The summed E-state index contributed by atoms with van der Waals surface area (Å²) in [7, 11) is 3.58. The van der Waals surface area contributed by atoms with E-state index < -0.39 is 5.97 Å². The molecular weight excluding hydrogens is 464 g/mol. The van der Waals surface area contributed by atoms with Crippen LogP contribution in [0.15, 0.2) is 51.2 Å². The largest absolute Gasteiger partial charge is 0.337 e. The molecule has 2 aromatic rings. The lowest BCUT2D eigenvalue weighted by atomic mass is 10.1. The predicted molar refractivity (Wildman–Crippen MR) is 135 cm³/mol. The van der Waals surface area contributed by atoms with Gasteiger partial charge in [0.15, 0.2) is 0 Å². The smallest absolute Gasteiger partial charge is 0.301 e. The summed E-state index contributed by atoms with van der Waals surface area (Å²) >= 11 is 4.87. The number of anilines is 1. The predicted octanol–water partition coefficient (Wildman–Crippen LogP) is 5.15. The molecule has 2 aliphatic rings. The van der Waals surface area contributed by atoms with E-state index in [1.807, 2.05) is 33.2 Å². The second-order valence-corrected chi connectivity index (χ2v) is 10.6. The normalized spacial score (nSPS) is 21.2. The van der Waals surface area contributed by atoms with E-state index in [2.05, 4.69) is 35.2 Å². The zero-order valence-corrected chi connectivity index (χ0v) is 21.4. The lowest BCUT2D eigenvalue weighted by Crippen LogP contribution is -2.51. The Hall–Kier alpha value is -1.36. The first-order valence-corrected chi connectivity index (χ1v) is 13.5. The Labute approximate surface area is 202 Å². The van der Waals surface area contributed by atoms with Gasteiger partial charge >= 0.3 is 5.97 Å². The second kappa shape index (κ2) is 9.87. The fourth-order valence-corrected chi connectivity index (χ4v) is 7.48. The summed E-state index contributed by atoms with van der Waals surface area (Å²) < 4.78 is 17.2. The van der Waals surface area contributed by atoms with Gasteiger partial charge in [0.25, 0.3) is 5.91 Å². The number of ether oxygens (including phenoxy) is 3. The molecule has 0 bridgehead atoms. The molecule has 2 aliphatic heterocycles. The summed E-state index contributed by atoms with van der Waals surface area (Å²) in [6, 6.07) is 12.6. The van der Waals surface area contributed by atoms with Gasteiger partial charge in [-0.05, 0) is 36.9 Å². The Balaban J connectivity index is 1.69. The molecule has 6 nitrogen and oxygen atoms in total. The first-order valence-electron chi connectivity index (χ1n) is 10.5. The van der Waals surface area contributed by atoms with Crippen LogP contribution >= 0.6 is 35.3 Å². The number of rotatable bonds is 8. The Morgan fingerprint density at radius 1 is 1.12 bits per heavy atom. The van der Waals surface area contributed by atoms with Gasteiger partial charge in [-0.15, -0.1) is 11.8 Å². The third-order valence-electron chi connectivity index (χ3n) is 5.45. The molecule has 32 heavy (non-hydrogen) atoms. The van der Waals surface area contributed by atoms with Gasteiger partial charge in [-0.2, -0.15) is 0 Å². The average Bonchev–Trinajstić information content (AvgIpc) is 3.30. The van der Waals surface area contributed by atoms with Crippen LogP contribution in [0.3, 0.4) is 0 Å². The van der Waals surface area contributed by atoms with Crippen LogP contribution < -0.4 is 4.90 Å². The summed E-state index contributed by atoms with van der Waals surface area (Å²) in [4.78, 5) is 19.5.